The minimum absolute atomic E-state index is 0.00280. The highest BCUT2D eigenvalue weighted by Gasteiger charge is 2.17. The number of aromatic amines is 1. The van der Waals surface area contributed by atoms with Gasteiger partial charge in [0.25, 0.3) is 0 Å². The van der Waals surface area contributed by atoms with Gasteiger partial charge in [0.2, 0.25) is 10.0 Å². The Hall–Kier alpha value is -3.17. The summed E-state index contributed by atoms with van der Waals surface area (Å²) in [5.74, 6) is 0.214. The number of nitrogens with zero attached hydrogens (tertiary/aromatic N) is 2. The summed E-state index contributed by atoms with van der Waals surface area (Å²) in [7, 11) is -3.83. The zero-order chi connectivity index (χ0) is 22.0. The van der Waals surface area contributed by atoms with Crippen LogP contribution in [0, 0.1) is 0 Å². The van der Waals surface area contributed by atoms with Gasteiger partial charge in [0.05, 0.1) is 22.3 Å². The molecule has 162 valence electrons. The predicted octanol–water partition coefficient (Wildman–Crippen LogP) is 3.25. The van der Waals surface area contributed by atoms with Crippen LogP contribution in [-0.2, 0) is 39.1 Å². The lowest BCUT2D eigenvalue weighted by Crippen LogP contribution is -2.12. The van der Waals surface area contributed by atoms with Crippen molar-refractivity contribution in [3.8, 4) is 0 Å². The summed E-state index contributed by atoms with van der Waals surface area (Å²) in [5, 5.41) is 6.23. The molecule has 8 nitrogen and oxygen atoms in total. The summed E-state index contributed by atoms with van der Waals surface area (Å²) in [6.07, 6.45) is 3.86. The van der Waals surface area contributed by atoms with Crippen LogP contribution in [-0.4, -0.2) is 28.9 Å². The van der Waals surface area contributed by atoms with Crippen LogP contribution >= 0.6 is 0 Å². The maximum absolute atomic E-state index is 12.5. The van der Waals surface area contributed by atoms with Crippen molar-refractivity contribution in [3.05, 3.63) is 60.0 Å². The van der Waals surface area contributed by atoms with Crippen LogP contribution < -0.4 is 5.14 Å². The molecule has 4 rings (SSSR count). The molecule has 2 heterocycles. The lowest BCUT2D eigenvalue weighted by Gasteiger charge is -2.09. The Morgan fingerprint density at radius 2 is 2.03 bits per heavy atom. The number of nitrogens with two attached hydrogens (primary N) is 1. The number of ether oxygens (including phenoxy) is 1. The van der Waals surface area contributed by atoms with E-state index in [2.05, 4.69) is 16.9 Å². The number of sulfonamides is 1. The van der Waals surface area contributed by atoms with Crippen LogP contribution in [0.5, 0.6) is 0 Å². The lowest BCUT2D eigenvalue weighted by atomic mass is 10.1. The van der Waals surface area contributed by atoms with Gasteiger partial charge in [-0.3, -0.25) is 4.79 Å². The van der Waals surface area contributed by atoms with Crippen LogP contribution in [0.15, 0.2) is 53.6 Å². The minimum atomic E-state index is -3.83. The zero-order valence-electron chi connectivity index (χ0n) is 17.2. The number of carbonyl (C=O) groups is 1. The molecule has 31 heavy (non-hydrogen) atoms. The summed E-state index contributed by atoms with van der Waals surface area (Å²) in [5.41, 5.74) is 3.13. The Bertz CT molecular complexity index is 1350. The Kier molecular flexibility index (Phi) is 5.79. The SMILES string of the molecule is CCCCn1c(COC(=O)Cc2c[nH]c3ccccc23)nc2cc(S(N)(=O)=O)ccc21. The van der Waals surface area contributed by atoms with Crippen molar-refractivity contribution >= 4 is 37.9 Å². The molecule has 4 aromatic rings. The fraction of sp³-hybridized carbons (Fsp3) is 0.273. The third-order valence-corrected chi connectivity index (χ3v) is 6.15. The lowest BCUT2D eigenvalue weighted by molar-refractivity contribution is -0.144. The molecule has 0 radical (unpaired) electrons. The van der Waals surface area contributed by atoms with Gasteiger partial charge in [-0.15, -0.1) is 0 Å². The summed E-state index contributed by atoms with van der Waals surface area (Å²) < 4.78 is 30.8. The summed E-state index contributed by atoms with van der Waals surface area (Å²) >= 11 is 0. The van der Waals surface area contributed by atoms with Crippen LogP contribution in [0.1, 0.15) is 31.2 Å². The van der Waals surface area contributed by atoms with Gasteiger partial charge in [0.1, 0.15) is 12.4 Å². The molecule has 3 N–H and O–H groups in total. The highest BCUT2D eigenvalue weighted by Crippen LogP contribution is 2.22. The second-order valence-corrected chi connectivity index (χ2v) is 8.99. The number of fused-ring (bicyclic) bond motifs is 2. The first-order valence-corrected chi connectivity index (χ1v) is 11.6. The standard InChI is InChI=1S/C22H24N4O4S/c1-2-3-10-26-20-9-8-16(31(23,28)29)12-19(20)25-21(26)14-30-22(27)11-15-13-24-18-7-5-4-6-17(15)18/h4-9,12-13,24H,2-3,10-11,14H2,1H3,(H2,23,28,29). The van der Waals surface area contributed by atoms with Gasteiger partial charge in [-0.2, -0.15) is 0 Å². The van der Waals surface area contributed by atoms with Gasteiger partial charge in [0, 0.05) is 23.6 Å². The van der Waals surface area contributed by atoms with Gasteiger partial charge in [-0.05, 0) is 36.2 Å². The monoisotopic (exact) mass is 440 g/mol. The number of hydrogen-bond donors (Lipinski definition) is 2. The molecular weight excluding hydrogens is 416 g/mol. The number of primary sulfonamides is 1. The quantitative estimate of drug-likeness (QED) is 0.408. The van der Waals surface area contributed by atoms with Crippen LogP contribution in [0.2, 0.25) is 0 Å². The number of aryl methyl sites for hydroxylation is 1. The van der Waals surface area contributed by atoms with E-state index in [1.807, 2.05) is 35.0 Å². The molecular formula is C22H24N4O4S. The van der Waals surface area contributed by atoms with Gasteiger partial charge in [-0.1, -0.05) is 31.5 Å². The summed E-state index contributed by atoms with van der Waals surface area (Å²) in [6, 6.07) is 12.4. The van der Waals surface area contributed by atoms with E-state index >= 15 is 0 Å². The molecule has 0 unspecified atom stereocenters. The highest BCUT2D eigenvalue weighted by atomic mass is 32.2. The smallest absolute Gasteiger partial charge is 0.310 e. The Morgan fingerprint density at radius 3 is 2.81 bits per heavy atom. The van der Waals surface area contributed by atoms with E-state index in [0.29, 0.717) is 17.9 Å². The van der Waals surface area contributed by atoms with Crippen LogP contribution in [0.4, 0.5) is 0 Å². The number of imidazole rings is 1. The fourth-order valence-electron chi connectivity index (χ4n) is 3.64. The molecule has 0 amide bonds. The van der Waals surface area contributed by atoms with Crippen molar-refractivity contribution in [2.45, 2.75) is 44.2 Å². The maximum atomic E-state index is 12.5. The molecule has 0 spiro atoms. The average Bonchev–Trinajstić information content (AvgIpc) is 3.30. The summed E-state index contributed by atoms with van der Waals surface area (Å²) in [4.78, 5) is 20.2. The molecule has 2 aromatic carbocycles. The average molecular weight is 441 g/mol. The largest absolute Gasteiger partial charge is 0.457 e. The fourth-order valence-corrected chi connectivity index (χ4v) is 4.18. The normalized spacial score (nSPS) is 11.9. The Morgan fingerprint density at radius 1 is 1.23 bits per heavy atom. The molecule has 0 atom stereocenters. The van der Waals surface area contributed by atoms with E-state index in [9.17, 15) is 13.2 Å². The van der Waals surface area contributed by atoms with E-state index in [1.165, 1.54) is 12.1 Å². The molecule has 0 aliphatic rings. The van der Waals surface area contributed by atoms with E-state index in [-0.39, 0.29) is 23.9 Å². The molecule has 0 fully saturated rings. The van der Waals surface area contributed by atoms with Crippen molar-refractivity contribution in [1.82, 2.24) is 14.5 Å². The number of aromatic nitrogens is 3. The molecule has 0 bridgehead atoms. The molecule has 9 heteroatoms. The van der Waals surface area contributed by atoms with E-state index in [0.717, 1.165) is 34.8 Å². The summed E-state index contributed by atoms with van der Waals surface area (Å²) in [6.45, 7) is 2.78. The van der Waals surface area contributed by atoms with E-state index in [1.54, 1.807) is 6.07 Å². The number of rotatable bonds is 8. The first-order valence-electron chi connectivity index (χ1n) is 10.1. The molecule has 0 aliphatic heterocycles. The Labute approximate surface area is 180 Å². The van der Waals surface area contributed by atoms with Crippen LogP contribution in [0.25, 0.3) is 21.9 Å². The number of H-pyrrole nitrogens is 1. The number of para-hydroxylation sites is 1. The first-order chi connectivity index (χ1) is 14.9. The van der Waals surface area contributed by atoms with Gasteiger partial charge >= 0.3 is 5.97 Å². The molecule has 2 aromatic heterocycles. The van der Waals surface area contributed by atoms with Crippen molar-refractivity contribution in [2.75, 3.05) is 0 Å². The zero-order valence-corrected chi connectivity index (χ0v) is 18.0. The number of carbonyl (C=O) groups excluding carboxylic acids is 1. The number of esters is 1. The van der Waals surface area contributed by atoms with Gasteiger partial charge < -0.3 is 14.3 Å². The predicted molar refractivity (Wildman–Crippen MR) is 118 cm³/mol. The van der Waals surface area contributed by atoms with Gasteiger partial charge in [0.15, 0.2) is 0 Å². The first kappa shape index (κ1) is 21.1. The maximum Gasteiger partial charge on any atom is 0.310 e. The number of hydrogen-bond acceptors (Lipinski definition) is 5. The van der Waals surface area contributed by atoms with Crippen molar-refractivity contribution in [2.24, 2.45) is 5.14 Å². The third kappa shape index (κ3) is 4.47. The molecule has 0 aliphatic carbocycles. The van der Waals surface area contributed by atoms with E-state index < -0.39 is 10.0 Å². The molecule has 0 saturated heterocycles. The second-order valence-electron chi connectivity index (χ2n) is 7.43. The minimum Gasteiger partial charge on any atom is -0.457 e. The highest BCUT2D eigenvalue weighted by molar-refractivity contribution is 7.89. The van der Waals surface area contributed by atoms with Crippen LogP contribution in [0.3, 0.4) is 0 Å². The second kappa shape index (κ2) is 8.52. The van der Waals surface area contributed by atoms with Crippen molar-refractivity contribution < 1.29 is 17.9 Å². The molecule has 0 saturated carbocycles. The van der Waals surface area contributed by atoms with Gasteiger partial charge in [-0.25, -0.2) is 18.5 Å². The number of nitrogens with one attached hydrogen (secondary N) is 1. The number of benzene rings is 2. The Balaban J connectivity index is 1.55. The number of unbranched alkanes of at least 4 members (excludes halogenated alkanes) is 1. The third-order valence-electron chi connectivity index (χ3n) is 5.23. The van der Waals surface area contributed by atoms with E-state index in [4.69, 9.17) is 9.88 Å². The van der Waals surface area contributed by atoms with Crippen molar-refractivity contribution in [3.63, 3.8) is 0 Å². The van der Waals surface area contributed by atoms with Crippen molar-refractivity contribution in [1.29, 1.82) is 0 Å². The topological polar surface area (TPSA) is 120 Å².